The minimum Gasteiger partial charge on any atom is -0.323 e. The number of sulfonamides is 1. The van der Waals surface area contributed by atoms with E-state index >= 15 is 0 Å². The summed E-state index contributed by atoms with van der Waals surface area (Å²) in [7, 11) is -3.57. The van der Waals surface area contributed by atoms with Crippen molar-refractivity contribution in [2.45, 2.75) is 17.1 Å². The van der Waals surface area contributed by atoms with Crippen molar-refractivity contribution in [2.75, 3.05) is 18.4 Å². The molecule has 0 bridgehead atoms. The van der Waals surface area contributed by atoms with E-state index in [2.05, 4.69) is 5.32 Å². The zero-order valence-corrected chi connectivity index (χ0v) is 15.0. The molecule has 1 amide bonds. The molecule has 10 heteroatoms. The van der Waals surface area contributed by atoms with Gasteiger partial charge >= 0.3 is 0 Å². The van der Waals surface area contributed by atoms with Crippen molar-refractivity contribution >= 4 is 33.0 Å². The number of amides is 1. The SMILES string of the molecule is O=C(Nc1ccc(F)c(F)c1F)C1CCN(S(=O)(=O)c2cccs2)CC1. The lowest BCUT2D eigenvalue weighted by Gasteiger charge is -2.30. The molecule has 0 radical (unpaired) electrons. The number of rotatable bonds is 4. The molecule has 1 fully saturated rings. The van der Waals surface area contributed by atoms with Crippen LogP contribution in [0.2, 0.25) is 0 Å². The Balaban J connectivity index is 1.63. The van der Waals surface area contributed by atoms with Crippen LogP contribution in [0.15, 0.2) is 33.9 Å². The first-order valence-corrected chi connectivity index (χ1v) is 10.1. The fraction of sp³-hybridized carbons (Fsp3) is 0.312. The van der Waals surface area contributed by atoms with E-state index in [1.807, 2.05) is 0 Å². The van der Waals surface area contributed by atoms with Crippen LogP contribution in [0.3, 0.4) is 0 Å². The predicted octanol–water partition coefficient (Wildman–Crippen LogP) is 3.20. The van der Waals surface area contributed by atoms with E-state index in [1.165, 1.54) is 10.4 Å². The van der Waals surface area contributed by atoms with Crippen molar-refractivity contribution in [2.24, 2.45) is 5.92 Å². The van der Waals surface area contributed by atoms with Gasteiger partial charge in [0.05, 0.1) is 5.69 Å². The van der Waals surface area contributed by atoms with Crippen molar-refractivity contribution in [1.82, 2.24) is 4.31 Å². The van der Waals surface area contributed by atoms with E-state index in [0.717, 1.165) is 23.5 Å². The quantitative estimate of drug-likeness (QED) is 0.796. The van der Waals surface area contributed by atoms with Crippen molar-refractivity contribution in [3.05, 3.63) is 47.1 Å². The van der Waals surface area contributed by atoms with Crippen molar-refractivity contribution in [1.29, 1.82) is 0 Å². The fourth-order valence-electron chi connectivity index (χ4n) is 2.75. The molecular formula is C16H15F3N2O3S2. The zero-order chi connectivity index (χ0) is 18.9. The Bertz CT molecular complexity index is 909. The maximum atomic E-state index is 13.6. The summed E-state index contributed by atoms with van der Waals surface area (Å²) in [6.45, 7) is 0.303. The van der Waals surface area contributed by atoms with Crippen molar-refractivity contribution < 1.29 is 26.4 Å². The number of thiophene rings is 1. The monoisotopic (exact) mass is 404 g/mol. The first-order valence-electron chi connectivity index (χ1n) is 7.78. The van der Waals surface area contributed by atoms with Gasteiger partial charge in [0.15, 0.2) is 17.5 Å². The molecule has 1 aliphatic rings. The Morgan fingerprint density at radius 1 is 1.12 bits per heavy atom. The van der Waals surface area contributed by atoms with Crippen molar-refractivity contribution in [3.8, 4) is 0 Å². The summed E-state index contributed by atoms with van der Waals surface area (Å²) in [5.41, 5.74) is -0.442. The summed E-state index contributed by atoms with van der Waals surface area (Å²) >= 11 is 1.12. The lowest BCUT2D eigenvalue weighted by molar-refractivity contribution is -0.120. The molecule has 140 valence electrons. The van der Waals surface area contributed by atoms with Crippen LogP contribution >= 0.6 is 11.3 Å². The number of nitrogens with zero attached hydrogens (tertiary/aromatic N) is 1. The van der Waals surface area contributed by atoms with Gasteiger partial charge in [-0.25, -0.2) is 21.6 Å². The molecule has 1 saturated heterocycles. The van der Waals surface area contributed by atoms with Crippen LogP contribution < -0.4 is 5.32 Å². The van der Waals surface area contributed by atoms with Crippen molar-refractivity contribution in [3.63, 3.8) is 0 Å². The molecule has 1 N–H and O–H groups in total. The maximum absolute atomic E-state index is 13.6. The highest BCUT2D eigenvalue weighted by atomic mass is 32.2. The van der Waals surface area contributed by atoms with Gasteiger partial charge in [-0.15, -0.1) is 11.3 Å². The minimum atomic E-state index is -3.57. The normalized spacial score (nSPS) is 16.6. The second-order valence-corrected chi connectivity index (χ2v) is 8.94. The molecular weight excluding hydrogens is 389 g/mol. The van der Waals surface area contributed by atoms with Crippen LogP contribution in [-0.2, 0) is 14.8 Å². The summed E-state index contributed by atoms with van der Waals surface area (Å²) < 4.78 is 66.2. The first-order chi connectivity index (χ1) is 12.3. The predicted molar refractivity (Wildman–Crippen MR) is 90.7 cm³/mol. The third kappa shape index (κ3) is 3.62. The van der Waals surface area contributed by atoms with Gasteiger partial charge in [0.25, 0.3) is 10.0 Å². The van der Waals surface area contributed by atoms with Gasteiger partial charge in [-0.3, -0.25) is 4.79 Å². The van der Waals surface area contributed by atoms with E-state index in [-0.39, 0.29) is 30.1 Å². The average molecular weight is 404 g/mol. The molecule has 1 aromatic carbocycles. The zero-order valence-electron chi connectivity index (χ0n) is 13.4. The van der Waals surface area contributed by atoms with Crippen LogP contribution in [0.25, 0.3) is 0 Å². The Hall–Kier alpha value is -1.91. The third-order valence-corrected chi connectivity index (χ3v) is 7.48. The minimum absolute atomic E-state index is 0.151. The van der Waals surface area contributed by atoms with Gasteiger partial charge in [0.1, 0.15) is 4.21 Å². The first kappa shape index (κ1) is 18.9. The fourth-order valence-corrected chi connectivity index (χ4v) is 5.37. The molecule has 26 heavy (non-hydrogen) atoms. The van der Waals surface area contributed by atoms with Gasteiger partial charge in [0.2, 0.25) is 5.91 Å². The van der Waals surface area contributed by atoms with E-state index in [9.17, 15) is 26.4 Å². The summed E-state index contributed by atoms with van der Waals surface area (Å²) in [5.74, 6) is -5.55. The molecule has 2 aromatic rings. The van der Waals surface area contributed by atoms with Crippen LogP contribution in [0.4, 0.5) is 18.9 Å². The highest BCUT2D eigenvalue weighted by Crippen LogP contribution is 2.27. The van der Waals surface area contributed by atoms with Crippen LogP contribution in [0.1, 0.15) is 12.8 Å². The van der Waals surface area contributed by atoms with Crippen LogP contribution in [0, 0.1) is 23.4 Å². The van der Waals surface area contributed by atoms with Gasteiger partial charge in [-0.05, 0) is 36.4 Å². The number of anilines is 1. The molecule has 1 aliphatic heterocycles. The lowest BCUT2D eigenvalue weighted by Crippen LogP contribution is -2.41. The van der Waals surface area contributed by atoms with E-state index < -0.39 is 45.0 Å². The number of piperidine rings is 1. The summed E-state index contributed by atoms with van der Waals surface area (Å²) in [5, 5.41) is 3.91. The van der Waals surface area contributed by atoms with E-state index in [1.54, 1.807) is 11.4 Å². The second-order valence-electron chi connectivity index (χ2n) is 5.82. The Labute approximate surface area is 152 Å². The van der Waals surface area contributed by atoms with Gasteiger partial charge in [0, 0.05) is 19.0 Å². The number of hydrogen-bond donors (Lipinski definition) is 1. The number of nitrogens with one attached hydrogen (secondary N) is 1. The summed E-state index contributed by atoms with van der Waals surface area (Å²) in [6, 6.07) is 4.84. The van der Waals surface area contributed by atoms with Crippen LogP contribution in [-0.4, -0.2) is 31.7 Å². The van der Waals surface area contributed by atoms with Gasteiger partial charge < -0.3 is 5.32 Å². The maximum Gasteiger partial charge on any atom is 0.252 e. The smallest absolute Gasteiger partial charge is 0.252 e. The molecule has 2 heterocycles. The average Bonchev–Trinajstić information content (AvgIpc) is 3.18. The number of benzene rings is 1. The highest BCUT2D eigenvalue weighted by Gasteiger charge is 2.33. The number of hydrogen-bond acceptors (Lipinski definition) is 4. The summed E-state index contributed by atoms with van der Waals surface area (Å²) in [4.78, 5) is 12.2. The number of carbonyl (C=O) groups excluding carboxylic acids is 1. The van der Waals surface area contributed by atoms with E-state index in [0.29, 0.717) is 0 Å². The molecule has 0 spiro atoms. The summed E-state index contributed by atoms with van der Waals surface area (Å²) in [6.07, 6.45) is 0.503. The molecule has 0 saturated carbocycles. The Morgan fingerprint density at radius 2 is 1.81 bits per heavy atom. The van der Waals surface area contributed by atoms with E-state index in [4.69, 9.17) is 0 Å². The molecule has 0 aliphatic carbocycles. The number of halogens is 3. The molecule has 5 nitrogen and oxygen atoms in total. The largest absolute Gasteiger partial charge is 0.323 e. The van der Waals surface area contributed by atoms with Gasteiger partial charge in [-0.2, -0.15) is 4.31 Å². The number of carbonyl (C=O) groups is 1. The molecule has 0 unspecified atom stereocenters. The molecule has 3 rings (SSSR count). The van der Waals surface area contributed by atoms with Crippen LogP contribution in [0.5, 0.6) is 0 Å². The lowest BCUT2D eigenvalue weighted by atomic mass is 9.97. The Kier molecular flexibility index (Phi) is 5.35. The standard InChI is InChI=1S/C16H15F3N2O3S2/c17-11-3-4-12(15(19)14(11)18)20-16(22)10-5-7-21(8-6-10)26(23,24)13-2-1-9-25-13/h1-4,9-10H,5-8H2,(H,20,22). The molecule has 0 atom stereocenters. The second kappa shape index (κ2) is 7.37. The highest BCUT2D eigenvalue weighted by molar-refractivity contribution is 7.91. The third-order valence-electron chi connectivity index (χ3n) is 4.21. The topological polar surface area (TPSA) is 66.5 Å². The molecule has 1 aromatic heterocycles. The Morgan fingerprint density at radius 3 is 2.42 bits per heavy atom. The van der Waals surface area contributed by atoms with Gasteiger partial charge in [-0.1, -0.05) is 6.07 Å².